The lowest BCUT2D eigenvalue weighted by Gasteiger charge is -2.33. The second-order valence-electron chi connectivity index (χ2n) is 5.98. The molecule has 3 heteroatoms. The molecule has 0 aromatic heterocycles. The third kappa shape index (κ3) is 4.22. The first-order valence-electron chi connectivity index (χ1n) is 7.33. The lowest BCUT2D eigenvalue weighted by atomic mass is 9.98. The fourth-order valence-electron chi connectivity index (χ4n) is 2.57. The second kappa shape index (κ2) is 6.76. The zero-order valence-corrected chi connectivity index (χ0v) is 13.8. The molecule has 1 aliphatic rings. The number of hydrogen-bond acceptors (Lipinski definition) is 2. The van der Waals surface area contributed by atoms with Crippen LogP contribution in [-0.4, -0.2) is 19.1 Å². The molecule has 1 heterocycles. The van der Waals surface area contributed by atoms with E-state index in [1.807, 2.05) is 0 Å². The van der Waals surface area contributed by atoms with E-state index in [9.17, 15) is 0 Å². The highest BCUT2D eigenvalue weighted by Crippen LogP contribution is 2.28. The van der Waals surface area contributed by atoms with Gasteiger partial charge in [0.15, 0.2) is 0 Å². The molecule has 1 aliphatic heterocycles. The molecule has 0 atom stereocenters. The van der Waals surface area contributed by atoms with Gasteiger partial charge in [-0.2, -0.15) is 0 Å². The van der Waals surface area contributed by atoms with Gasteiger partial charge in [0.25, 0.3) is 0 Å². The highest BCUT2D eigenvalue weighted by molar-refractivity contribution is 9.10. The van der Waals surface area contributed by atoms with Gasteiger partial charge in [-0.25, -0.2) is 0 Å². The monoisotopic (exact) mass is 324 g/mol. The minimum absolute atomic E-state index is 0.521. The molecule has 2 nitrogen and oxygen atoms in total. The van der Waals surface area contributed by atoms with E-state index in [0.29, 0.717) is 6.04 Å². The van der Waals surface area contributed by atoms with Crippen LogP contribution in [0.5, 0.6) is 0 Å². The zero-order chi connectivity index (χ0) is 13.8. The summed E-state index contributed by atoms with van der Waals surface area (Å²) in [6.45, 7) is 10.1. The van der Waals surface area contributed by atoms with Gasteiger partial charge in [0.2, 0.25) is 0 Å². The molecule has 1 saturated heterocycles. The molecule has 2 rings (SSSR count). The molecule has 19 heavy (non-hydrogen) atoms. The van der Waals surface area contributed by atoms with Gasteiger partial charge in [0.1, 0.15) is 0 Å². The third-order valence-corrected chi connectivity index (χ3v) is 4.36. The van der Waals surface area contributed by atoms with Gasteiger partial charge < -0.3 is 10.2 Å². The molecule has 0 spiro atoms. The quantitative estimate of drug-likeness (QED) is 0.893. The van der Waals surface area contributed by atoms with Gasteiger partial charge in [-0.3, -0.25) is 0 Å². The Labute approximate surface area is 125 Å². The maximum atomic E-state index is 3.59. The molecular formula is C16H25BrN2. The van der Waals surface area contributed by atoms with Crippen LogP contribution in [0.25, 0.3) is 0 Å². The Kier molecular flexibility index (Phi) is 5.28. The number of rotatable bonds is 4. The van der Waals surface area contributed by atoms with Crippen molar-refractivity contribution < 1.29 is 0 Å². The predicted octanol–water partition coefficient (Wildman–Crippen LogP) is 4.18. The molecule has 1 aromatic rings. The summed E-state index contributed by atoms with van der Waals surface area (Å²) in [5.41, 5.74) is 2.81. The molecular weight excluding hydrogens is 300 g/mol. The maximum Gasteiger partial charge on any atom is 0.0412 e. The number of halogens is 1. The highest BCUT2D eigenvalue weighted by Gasteiger charge is 2.18. The summed E-state index contributed by atoms with van der Waals surface area (Å²) < 4.78 is 1.17. The average Bonchev–Trinajstić information content (AvgIpc) is 2.38. The first-order chi connectivity index (χ1) is 9.06. The smallest absolute Gasteiger partial charge is 0.0412 e. The second-order valence-corrected chi connectivity index (χ2v) is 6.89. The summed E-state index contributed by atoms with van der Waals surface area (Å²) in [6, 6.07) is 7.19. The molecule has 1 fully saturated rings. The van der Waals surface area contributed by atoms with Crippen molar-refractivity contribution in [3.05, 3.63) is 28.2 Å². The van der Waals surface area contributed by atoms with Crippen LogP contribution in [0.15, 0.2) is 22.7 Å². The van der Waals surface area contributed by atoms with E-state index >= 15 is 0 Å². The van der Waals surface area contributed by atoms with Crippen molar-refractivity contribution in [2.24, 2.45) is 5.92 Å². The highest BCUT2D eigenvalue weighted by atomic mass is 79.9. The number of hydrogen-bond donors (Lipinski definition) is 1. The molecule has 1 aromatic carbocycles. The van der Waals surface area contributed by atoms with E-state index in [1.165, 1.54) is 41.7 Å². The fraction of sp³-hybridized carbons (Fsp3) is 0.625. The molecule has 106 valence electrons. The Morgan fingerprint density at radius 2 is 2.00 bits per heavy atom. The van der Waals surface area contributed by atoms with E-state index in [4.69, 9.17) is 0 Å². The summed E-state index contributed by atoms with van der Waals surface area (Å²) in [7, 11) is 0. The SMILES string of the molecule is CC1CCN(c2ccc(Br)cc2CNC(C)C)CC1. The molecule has 0 saturated carbocycles. The van der Waals surface area contributed by atoms with Crippen LogP contribution in [0.1, 0.15) is 39.2 Å². The Bertz CT molecular complexity index is 409. The molecule has 1 N–H and O–H groups in total. The van der Waals surface area contributed by atoms with Crippen molar-refractivity contribution in [2.75, 3.05) is 18.0 Å². The number of piperidine rings is 1. The largest absolute Gasteiger partial charge is 0.371 e. The van der Waals surface area contributed by atoms with Crippen LogP contribution in [0, 0.1) is 5.92 Å². The van der Waals surface area contributed by atoms with Crippen LogP contribution < -0.4 is 10.2 Å². The number of nitrogens with one attached hydrogen (secondary N) is 1. The van der Waals surface area contributed by atoms with E-state index < -0.39 is 0 Å². The molecule has 0 bridgehead atoms. The fourth-order valence-corrected chi connectivity index (χ4v) is 2.98. The molecule has 0 radical (unpaired) electrons. The van der Waals surface area contributed by atoms with Crippen molar-refractivity contribution >= 4 is 21.6 Å². The van der Waals surface area contributed by atoms with Crippen molar-refractivity contribution in [3.8, 4) is 0 Å². The maximum absolute atomic E-state index is 3.59. The Hall–Kier alpha value is -0.540. The van der Waals surface area contributed by atoms with Crippen LogP contribution >= 0.6 is 15.9 Å². The first-order valence-corrected chi connectivity index (χ1v) is 8.12. The van der Waals surface area contributed by atoms with Crippen molar-refractivity contribution in [1.82, 2.24) is 5.32 Å². The van der Waals surface area contributed by atoms with Gasteiger partial charge in [0.05, 0.1) is 0 Å². The number of nitrogens with zero attached hydrogens (tertiary/aromatic N) is 1. The summed E-state index contributed by atoms with van der Waals surface area (Å²) in [5.74, 6) is 0.879. The Balaban J connectivity index is 2.14. The predicted molar refractivity (Wildman–Crippen MR) is 86.7 cm³/mol. The summed E-state index contributed by atoms with van der Waals surface area (Å²) in [5, 5.41) is 3.53. The molecule has 0 aliphatic carbocycles. The Morgan fingerprint density at radius 3 is 2.63 bits per heavy atom. The summed E-state index contributed by atoms with van der Waals surface area (Å²) in [4.78, 5) is 2.55. The third-order valence-electron chi connectivity index (χ3n) is 3.87. The average molecular weight is 325 g/mol. The first kappa shape index (κ1) is 14.9. The van der Waals surface area contributed by atoms with Gasteiger partial charge >= 0.3 is 0 Å². The van der Waals surface area contributed by atoms with Gasteiger partial charge in [0, 0.05) is 35.8 Å². The lowest BCUT2D eigenvalue weighted by Crippen LogP contribution is -2.34. The lowest BCUT2D eigenvalue weighted by molar-refractivity contribution is 0.437. The Morgan fingerprint density at radius 1 is 1.32 bits per heavy atom. The molecule has 0 unspecified atom stereocenters. The van der Waals surface area contributed by atoms with Gasteiger partial charge in [-0.05, 0) is 42.5 Å². The van der Waals surface area contributed by atoms with E-state index in [0.717, 1.165) is 12.5 Å². The van der Waals surface area contributed by atoms with Crippen LogP contribution in [0.2, 0.25) is 0 Å². The minimum Gasteiger partial charge on any atom is -0.371 e. The van der Waals surface area contributed by atoms with Crippen molar-refractivity contribution in [2.45, 2.75) is 46.2 Å². The van der Waals surface area contributed by atoms with Crippen LogP contribution in [0.4, 0.5) is 5.69 Å². The normalized spacial score (nSPS) is 17.2. The van der Waals surface area contributed by atoms with E-state index in [1.54, 1.807) is 0 Å². The standard InChI is InChI=1S/C16H25BrN2/c1-12(2)18-11-14-10-15(17)4-5-16(14)19-8-6-13(3)7-9-19/h4-5,10,12-13,18H,6-9,11H2,1-3H3. The zero-order valence-electron chi connectivity index (χ0n) is 12.2. The van der Waals surface area contributed by atoms with Gasteiger partial charge in [-0.15, -0.1) is 0 Å². The number of benzene rings is 1. The van der Waals surface area contributed by atoms with Crippen molar-refractivity contribution in [1.29, 1.82) is 0 Å². The minimum atomic E-state index is 0.521. The topological polar surface area (TPSA) is 15.3 Å². The van der Waals surface area contributed by atoms with Crippen LogP contribution in [-0.2, 0) is 6.54 Å². The van der Waals surface area contributed by atoms with E-state index in [2.05, 4.69) is 65.1 Å². The summed E-state index contributed by atoms with van der Waals surface area (Å²) >= 11 is 3.59. The molecule has 0 amide bonds. The van der Waals surface area contributed by atoms with Crippen LogP contribution in [0.3, 0.4) is 0 Å². The van der Waals surface area contributed by atoms with Gasteiger partial charge in [-0.1, -0.05) is 36.7 Å². The van der Waals surface area contributed by atoms with E-state index in [-0.39, 0.29) is 0 Å². The summed E-state index contributed by atoms with van der Waals surface area (Å²) in [6.07, 6.45) is 2.63. The number of anilines is 1. The van der Waals surface area contributed by atoms with Crippen molar-refractivity contribution in [3.63, 3.8) is 0 Å².